The largest absolute Gasteiger partial charge is 0.477 e. The van der Waals surface area contributed by atoms with Gasteiger partial charge in [0.2, 0.25) is 0 Å². The first-order valence-corrected chi connectivity index (χ1v) is 7.48. The standard InChI is InChI=1S/C13H20N2O2S/c1-3-5-8-15(4-2)13-14-10(9-6-7-9)11(18-13)12(16)17/h9H,3-8H2,1-2H3,(H,16,17). The highest BCUT2D eigenvalue weighted by molar-refractivity contribution is 7.17. The Morgan fingerprint density at radius 3 is 2.72 bits per heavy atom. The molecule has 1 aliphatic rings. The van der Waals surface area contributed by atoms with Gasteiger partial charge >= 0.3 is 5.97 Å². The van der Waals surface area contributed by atoms with Crippen LogP contribution in [0, 0.1) is 0 Å². The highest BCUT2D eigenvalue weighted by Crippen LogP contribution is 2.44. The second kappa shape index (κ2) is 5.69. The first-order chi connectivity index (χ1) is 8.67. The molecular weight excluding hydrogens is 248 g/mol. The molecule has 0 unspecified atom stereocenters. The lowest BCUT2D eigenvalue weighted by atomic mass is 10.2. The second-order valence-electron chi connectivity index (χ2n) is 4.72. The summed E-state index contributed by atoms with van der Waals surface area (Å²) in [7, 11) is 0. The molecule has 0 saturated heterocycles. The minimum absolute atomic E-state index is 0.394. The van der Waals surface area contributed by atoms with Gasteiger partial charge in [-0.25, -0.2) is 9.78 Å². The maximum atomic E-state index is 11.2. The highest BCUT2D eigenvalue weighted by atomic mass is 32.1. The summed E-state index contributed by atoms with van der Waals surface area (Å²) in [4.78, 5) is 18.5. The molecule has 18 heavy (non-hydrogen) atoms. The SMILES string of the molecule is CCCCN(CC)c1nc(C2CC2)c(C(=O)O)s1. The van der Waals surface area contributed by atoms with Crippen LogP contribution in [0.5, 0.6) is 0 Å². The van der Waals surface area contributed by atoms with Gasteiger partial charge in [-0.2, -0.15) is 0 Å². The Hall–Kier alpha value is -1.10. The third kappa shape index (κ3) is 2.83. The van der Waals surface area contributed by atoms with Crippen molar-refractivity contribution in [3.8, 4) is 0 Å². The molecule has 0 bridgehead atoms. The number of hydrogen-bond acceptors (Lipinski definition) is 4. The second-order valence-corrected chi connectivity index (χ2v) is 5.70. The van der Waals surface area contributed by atoms with Gasteiger partial charge in [-0.1, -0.05) is 24.7 Å². The van der Waals surface area contributed by atoms with Crippen molar-refractivity contribution in [2.24, 2.45) is 0 Å². The van der Waals surface area contributed by atoms with Gasteiger partial charge in [0.15, 0.2) is 5.13 Å². The summed E-state index contributed by atoms with van der Waals surface area (Å²) in [6.45, 7) is 6.10. The molecule has 1 heterocycles. The number of hydrogen-bond donors (Lipinski definition) is 1. The van der Waals surface area contributed by atoms with Crippen LogP contribution >= 0.6 is 11.3 Å². The van der Waals surface area contributed by atoms with E-state index in [1.807, 2.05) is 0 Å². The number of carboxylic acids is 1. The lowest BCUT2D eigenvalue weighted by molar-refractivity contribution is 0.0700. The van der Waals surface area contributed by atoms with Gasteiger partial charge in [0.1, 0.15) is 4.88 Å². The van der Waals surface area contributed by atoms with Crippen LogP contribution in [0.3, 0.4) is 0 Å². The number of carbonyl (C=O) groups is 1. The summed E-state index contributed by atoms with van der Waals surface area (Å²) in [5, 5.41) is 10.1. The maximum absolute atomic E-state index is 11.2. The third-order valence-corrected chi connectivity index (χ3v) is 4.35. The van der Waals surface area contributed by atoms with Gasteiger partial charge in [0.05, 0.1) is 5.69 Å². The molecule has 100 valence electrons. The van der Waals surface area contributed by atoms with Crippen LogP contribution < -0.4 is 4.90 Å². The topological polar surface area (TPSA) is 53.4 Å². The predicted octanol–water partition coefficient (Wildman–Crippen LogP) is 3.35. The van der Waals surface area contributed by atoms with Gasteiger partial charge in [-0.05, 0) is 26.2 Å². The van der Waals surface area contributed by atoms with Crippen molar-refractivity contribution in [1.29, 1.82) is 0 Å². The van der Waals surface area contributed by atoms with Crippen LogP contribution in [0.1, 0.15) is 60.8 Å². The Balaban J connectivity index is 2.21. The molecule has 4 nitrogen and oxygen atoms in total. The molecule has 0 atom stereocenters. The van der Waals surface area contributed by atoms with Crippen LogP contribution in [-0.4, -0.2) is 29.1 Å². The molecule has 0 spiro atoms. The molecule has 2 rings (SSSR count). The van der Waals surface area contributed by atoms with E-state index in [0.717, 1.165) is 49.6 Å². The van der Waals surface area contributed by atoms with Crippen molar-refractivity contribution in [3.05, 3.63) is 10.6 Å². The number of aromatic carboxylic acids is 1. The number of thiazole rings is 1. The molecule has 1 fully saturated rings. The number of carboxylic acid groups (broad SMARTS) is 1. The van der Waals surface area contributed by atoms with E-state index in [9.17, 15) is 9.90 Å². The Morgan fingerprint density at radius 2 is 2.22 bits per heavy atom. The first-order valence-electron chi connectivity index (χ1n) is 6.66. The summed E-state index contributed by atoms with van der Waals surface area (Å²) in [6.07, 6.45) is 4.44. The van der Waals surface area contributed by atoms with E-state index in [0.29, 0.717) is 10.8 Å². The van der Waals surface area contributed by atoms with Crippen molar-refractivity contribution >= 4 is 22.4 Å². The van der Waals surface area contributed by atoms with Crippen molar-refractivity contribution in [2.45, 2.75) is 45.4 Å². The molecule has 1 aromatic rings. The highest BCUT2D eigenvalue weighted by Gasteiger charge is 2.32. The molecule has 0 aromatic carbocycles. The molecule has 1 N–H and O–H groups in total. The van der Waals surface area contributed by atoms with Gasteiger partial charge < -0.3 is 10.0 Å². The predicted molar refractivity (Wildman–Crippen MR) is 73.8 cm³/mol. The van der Waals surface area contributed by atoms with E-state index in [1.165, 1.54) is 11.3 Å². The quantitative estimate of drug-likeness (QED) is 0.824. The summed E-state index contributed by atoms with van der Waals surface area (Å²) in [5.41, 5.74) is 0.817. The minimum Gasteiger partial charge on any atom is -0.477 e. The minimum atomic E-state index is -0.827. The monoisotopic (exact) mass is 268 g/mol. The maximum Gasteiger partial charge on any atom is 0.347 e. The fourth-order valence-electron chi connectivity index (χ4n) is 1.98. The van der Waals surface area contributed by atoms with Crippen molar-refractivity contribution in [2.75, 3.05) is 18.0 Å². The Morgan fingerprint density at radius 1 is 1.50 bits per heavy atom. The van der Waals surface area contributed by atoms with Gasteiger partial charge in [-0.15, -0.1) is 0 Å². The van der Waals surface area contributed by atoms with Crippen LogP contribution in [0.25, 0.3) is 0 Å². The van der Waals surface area contributed by atoms with Crippen molar-refractivity contribution in [1.82, 2.24) is 4.98 Å². The van der Waals surface area contributed by atoms with Gasteiger partial charge in [-0.3, -0.25) is 0 Å². The van der Waals surface area contributed by atoms with E-state index in [2.05, 4.69) is 23.7 Å². The zero-order valence-corrected chi connectivity index (χ0v) is 11.8. The van der Waals surface area contributed by atoms with E-state index in [1.54, 1.807) is 0 Å². The number of unbranched alkanes of at least 4 members (excludes halogenated alkanes) is 1. The summed E-state index contributed by atoms with van der Waals surface area (Å²) in [6, 6.07) is 0. The molecule has 0 amide bonds. The lowest BCUT2D eigenvalue weighted by Crippen LogP contribution is -2.23. The summed E-state index contributed by atoms with van der Waals surface area (Å²) in [5.74, 6) is -0.432. The van der Waals surface area contributed by atoms with E-state index in [4.69, 9.17) is 0 Å². The van der Waals surface area contributed by atoms with Gasteiger partial charge in [0.25, 0.3) is 0 Å². The van der Waals surface area contributed by atoms with Crippen LogP contribution in [0.2, 0.25) is 0 Å². The van der Waals surface area contributed by atoms with E-state index < -0.39 is 5.97 Å². The molecule has 1 saturated carbocycles. The third-order valence-electron chi connectivity index (χ3n) is 3.23. The number of anilines is 1. The molecule has 5 heteroatoms. The molecule has 0 aliphatic heterocycles. The fourth-order valence-corrected chi connectivity index (χ4v) is 3.06. The summed E-state index contributed by atoms with van der Waals surface area (Å²) < 4.78 is 0. The van der Waals surface area contributed by atoms with Crippen LogP contribution in [0.4, 0.5) is 5.13 Å². The molecule has 0 radical (unpaired) electrons. The van der Waals surface area contributed by atoms with E-state index in [-0.39, 0.29) is 0 Å². The number of nitrogens with zero attached hydrogens (tertiary/aromatic N) is 2. The van der Waals surface area contributed by atoms with Crippen molar-refractivity contribution < 1.29 is 9.90 Å². The molecule has 1 aromatic heterocycles. The Labute approximate surface area is 112 Å². The lowest BCUT2D eigenvalue weighted by Gasteiger charge is -2.18. The Bertz CT molecular complexity index is 427. The van der Waals surface area contributed by atoms with E-state index >= 15 is 0 Å². The first kappa shape index (κ1) is 13.3. The molecular formula is C13H20N2O2S. The smallest absolute Gasteiger partial charge is 0.347 e. The Kier molecular flexibility index (Phi) is 4.22. The normalized spacial score (nSPS) is 14.8. The average molecular weight is 268 g/mol. The molecule has 1 aliphatic carbocycles. The van der Waals surface area contributed by atoms with Crippen molar-refractivity contribution in [3.63, 3.8) is 0 Å². The zero-order valence-electron chi connectivity index (χ0n) is 11.0. The number of aromatic nitrogens is 1. The number of rotatable bonds is 7. The summed E-state index contributed by atoms with van der Waals surface area (Å²) >= 11 is 1.33. The average Bonchev–Trinajstić information content (AvgIpc) is 3.10. The van der Waals surface area contributed by atoms with Crippen LogP contribution in [-0.2, 0) is 0 Å². The zero-order chi connectivity index (χ0) is 13.1. The fraction of sp³-hybridized carbons (Fsp3) is 0.692. The van der Waals surface area contributed by atoms with Crippen LogP contribution in [0.15, 0.2) is 0 Å². The van der Waals surface area contributed by atoms with Gasteiger partial charge in [0, 0.05) is 19.0 Å².